The summed E-state index contributed by atoms with van der Waals surface area (Å²) in [5.41, 5.74) is 3.03. The van der Waals surface area contributed by atoms with E-state index in [1.54, 1.807) is 0 Å². The summed E-state index contributed by atoms with van der Waals surface area (Å²) in [7, 11) is 1.94. The molecule has 0 N–H and O–H groups in total. The summed E-state index contributed by atoms with van der Waals surface area (Å²) in [5, 5.41) is 10.9. The first kappa shape index (κ1) is 18.8. The molecule has 2 aromatic carbocycles. The molecule has 0 aliphatic carbocycles. The first-order chi connectivity index (χ1) is 13.6. The molecule has 28 heavy (non-hydrogen) atoms. The first-order valence-corrected chi connectivity index (χ1v) is 10.3. The molecule has 0 saturated carbocycles. The number of rotatable bonds is 5. The van der Waals surface area contributed by atoms with Crippen LogP contribution in [0.5, 0.6) is 0 Å². The van der Waals surface area contributed by atoms with E-state index in [2.05, 4.69) is 10.2 Å². The molecule has 0 aliphatic heterocycles. The molecule has 5 nitrogen and oxygen atoms in total. The van der Waals surface area contributed by atoms with Crippen molar-refractivity contribution in [1.29, 1.82) is 0 Å². The van der Waals surface area contributed by atoms with Crippen LogP contribution in [0.15, 0.2) is 62.9 Å². The molecule has 0 bridgehead atoms. The number of aryl methyl sites for hydroxylation is 1. The van der Waals surface area contributed by atoms with Crippen LogP contribution < -0.4 is 5.63 Å². The van der Waals surface area contributed by atoms with Gasteiger partial charge in [-0.1, -0.05) is 60.6 Å². The molecule has 7 heteroatoms. The Morgan fingerprint density at radius 2 is 1.89 bits per heavy atom. The van der Waals surface area contributed by atoms with E-state index >= 15 is 0 Å². The number of benzene rings is 2. The summed E-state index contributed by atoms with van der Waals surface area (Å²) in [6, 6.07) is 15.2. The van der Waals surface area contributed by atoms with Crippen LogP contribution in [0.4, 0.5) is 0 Å². The molecule has 0 atom stereocenters. The van der Waals surface area contributed by atoms with Crippen LogP contribution in [0.1, 0.15) is 18.1 Å². The number of hydrogen-bond donors (Lipinski definition) is 0. The maximum atomic E-state index is 12.0. The van der Waals surface area contributed by atoms with E-state index in [-0.39, 0.29) is 5.63 Å². The highest BCUT2D eigenvalue weighted by Crippen LogP contribution is 2.30. The lowest BCUT2D eigenvalue weighted by Gasteiger charge is -2.08. The lowest BCUT2D eigenvalue weighted by molar-refractivity contribution is 0.559. The minimum atomic E-state index is -0.365. The van der Waals surface area contributed by atoms with Gasteiger partial charge < -0.3 is 8.98 Å². The van der Waals surface area contributed by atoms with Gasteiger partial charge >= 0.3 is 5.63 Å². The normalized spacial score (nSPS) is 11.2. The van der Waals surface area contributed by atoms with Crippen LogP contribution in [-0.2, 0) is 19.2 Å². The zero-order valence-electron chi connectivity index (χ0n) is 15.5. The third kappa shape index (κ3) is 3.57. The lowest BCUT2D eigenvalue weighted by atomic mass is 10.1. The molecule has 2 aromatic heterocycles. The second-order valence-corrected chi connectivity index (χ2v) is 7.75. The molecule has 0 spiro atoms. The van der Waals surface area contributed by atoms with E-state index in [1.165, 1.54) is 17.8 Å². The van der Waals surface area contributed by atoms with Gasteiger partial charge in [-0.3, -0.25) is 0 Å². The summed E-state index contributed by atoms with van der Waals surface area (Å²) in [6.07, 6.45) is 0.776. The van der Waals surface area contributed by atoms with Crippen molar-refractivity contribution < 1.29 is 4.42 Å². The van der Waals surface area contributed by atoms with Gasteiger partial charge in [-0.2, -0.15) is 0 Å². The van der Waals surface area contributed by atoms with Gasteiger partial charge in [0.15, 0.2) is 11.0 Å². The minimum absolute atomic E-state index is 0.365. The topological polar surface area (TPSA) is 60.9 Å². The molecule has 0 saturated heterocycles. The van der Waals surface area contributed by atoms with Gasteiger partial charge in [-0.05, 0) is 29.7 Å². The monoisotopic (exact) mass is 411 g/mol. The number of thioether (sulfide) groups is 1. The van der Waals surface area contributed by atoms with Crippen LogP contribution in [0.25, 0.3) is 22.4 Å². The van der Waals surface area contributed by atoms with Crippen molar-refractivity contribution >= 4 is 34.3 Å². The van der Waals surface area contributed by atoms with E-state index in [9.17, 15) is 4.79 Å². The number of fused-ring (bicyclic) bond motifs is 1. The highest BCUT2D eigenvalue weighted by atomic mass is 35.5. The molecule has 0 aliphatic rings. The fourth-order valence-corrected chi connectivity index (χ4v) is 4.30. The first-order valence-electron chi connectivity index (χ1n) is 8.89. The van der Waals surface area contributed by atoms with E-state index < -0.39 is 0 Å². The van der Waals surface area contributed by atoms with Crippen LogP contribution >= 0.6 is 23.4 Å². The quantitative estimate of drug-likeness (QED) is 0.338. The zero-order valence-corrected chi connectivity index (χ0v) is 17.0. The Morgan fingerprint density at radius 1 is 1.11 bits per heavy atom. The van der Waals surface area contributed by atoms with E-state index in [4.69, 9.17) is 16.0 Å². The summed E-state index contributed by atoms with van der Waals surface area (Å²) >= 11 is 7.90. The van der Waals surface area contributed by atoms with Crippen molar-refractivity contribution in [2.24, 2.45) is 7.05 Å². The molecular weight excluding hydrogens is 394 g/mol. The number of nitrogens with zero attached hydrogens (tertiary/aromatic N) is 3. The second kappa shape index (κ2) is 7.81. The van der Waals surface area contributed by atoms with Crippen LogP contribution in [0.2, 0.25) is 5.02 Å². The molecule has 0 unspecified atom stereocenters. The maximum Gasteiger partial charge on any atom is 0.336 e. The van der Waals surface area contributed by atoms with E-state index in [0.717, 1.165) is 39.5 Å². The predicted molar refractivity (Wildman–Crippen MR) is 113 cm³/mol. The van der Waals surface area contributed by atoms with Crippen molar-refractivity contribution in [2.75, 3.05) is 0 Å². The smallest absolute Gasteiger partial charge is 0.336 e. The van der Waals surface area contributed by atoms with Crippen LogP contribution in [-0.4, -0.2) is 14.8 Å². The molecule has 4 rings (SSSR count). The van der Waals surface area contributed by atoms with Crippen molar-refractivity contribution in [3.63, 3.8) is 0 Å². The van der Waals surface area contributed by atoms with Crippen LogP contribution in [0, 0.1) is 0 Å². The van der Waals surface area contributed by atoms with Gasteiger partial charge in [0.25, 0.3) is 0 Å². The van der Waals surface area contributed by atoms with Gasteiger partial charge in [0.2, 0.25) is 0 Å². The average molecular weight is 412 g/mol. The van der Waals surface area contributed by atoms with Gasteiger partial charge in [0.05, 0.1) is 0 Å². The second-order valence-electron chi connectivity index (χ2n) is 6.40. The molecule has 2 heterocycles. The molecule has 0 amide bonds. The fraction of sp³-hybridized carbons (Fsp3) is 0.190. The summed E-state index contributed by atoms with van der Waals surface area (Å²) in [4.78, 5) is 12.0. The Bertz CT molecular complexity index is 1200. The largest absolute Gasteiger partial charge is 0.423 e. The van der Waals surface area contributed by atoms with Crippen molar-refractivity contribution in [2.45, 2.75) is 24.3 Å². The predicted octanol–water partition coefficient (Wildman–Crippen LogP) is 5.10. The highest BCUT2D eigenvalue weighted by Gasteiger charge is 2.14. The van der Waals surface area contributed by atoms with Crippen LogP contribution in [0.3, 0.4) is 0 Å². The number of hydrogen-bond acceptors (Lipinski definition) is 5. The van der Waals surface area contributed by atoms with E-state index in [0.29, 0.717) is 16.4 Å². The molecule has 0 fully saturated rings. The Morgan fingerprint density at radius 3 is 2.64 bits per heavy atom. The van der Waals surface area contributed by atoms with Crippen molar-refractivity contribution in [3.8, 4) is 11.4 Å². The van der Waals surface area contributed by atoms with Gasteiger partial charge in [-0.25, -0.2) is 4.79 Å². The zero-order chi connectivity index (χ0) is 19.7. The number of halogens is 1. The van der Waals surface area contributed by atoms with Gasteiger partial charge in [-0.15, -0.1) is 10.2 Å². The molecule has 4 aromatic rings. The Hall–Kier alpha value is -2.57. The summed E-state index contributed by atoms with van der Waals surface area (Å²) in [5.74, 6) is 1.36. The third-order valence-electron chi connectivity index (χ3n) is 4.60. The van der Waals surface area contributed by atoms with E-state index in [1.807, 2.05) is 61.0 Å². The molecular formula is C21H18ClN3O2S. The Labute approximate surface area is 171 Å². The van der Waals surface area contributed by atoms with Crippen molar-refractivity contribution in [1.82, 2.24) is 14.8 Å². The SMILES string of the molecule is CCc1cc2oc(=O)cc(CSc3nnc(-c4ccccc4)n3C)c2cc1Cl. The standard InChI is InChI=1S/C21H18ClN3O2S/c1-3-13-9-18-16(11-17(13)22)15(10-19(26)27-18)12-28-21-24-23-20(25(21)2)14-7-5-4-6-8-14/h4-11H,3,12H2,1-2H3. The molecule has 0 radical (unpaired) electrons. The highest BCUT2D eigenvalue weighted by molar-refractivity contribution is 7.98. The lowest BCUT2D eigenvalue weighted by Crippen LogP contribution is -2.01. The fourth-order valence-electron chi connectivity index (χ4n) is 3.10. The maximum absolute atomic E-state index is 12.0. The average Bonchev–Trinajstić information content (AvgIpc) is 3.07. The van der Waals surface area contributed by atoms with Gasteiger partial charge in [0.1, 0.15) is 5.58 Å². The summed E-state index contributed by atoms with van der Waals surface area (Å²) < 4.78 is 7.34. The Kier molecular flexibility index (Phi) is 5.24. The number of aromatic nitrogens is 3. The molecule has 142 valence electrons. The summed E-state index contributed by atoms with van der Waals surface area (Å²) in [6.45, 7) is 2.02. The Balaban J connectivity index is 1.66. The van der Waals surface area contributed by atoms with Crippen molar-refractivity contribution in [3.05, 3.63) is 75.1 Å². The minimum Gasteiger partial charge on any atom is -0.423 e. The third-order valence-corrected chi connectivity index (χ3v) is 6.02. The van der Waals surface area contributed by atoms with Gasteiger partial charge in [0, 0.05) is 34.8 Å².